The fourth-order valence-corrected chi connectivity index (χ4v) is 1.58. The van der Waals surface area contributed by atoms with Gasteiger partial charge in [0.25, 0.3) is 0 Å². The van der Waals surface area contributed by atoms with Crippen LogP contribution >= 0.6 is 0 Å². The van der Waals surface area contributed by atoms with Crippen LogP contribution in [0.3, 0.4) is 0 Å². The molecule has 0 saturated heterocycles. The van der Waals surface area contributed by atoms with Crippen LogP contribution in [0.15, 0.2) is 6.07 Å². The van der Waals surface area contributed by atoms with Crippen molar-refractivity contribution in [3.63, 3.8) is 0 Å². The smallest absolute Gasteiger partial charge is 0.396 e. The van der Waals surface area contributed by atoms with E-state index in [1.54, 1.807) is 0 Å². The molecule has 1 aromatic rings. The first-order valence-electron chi connectivity index (χ1n) is 5.66. The average molecular weight is 277 g/mol. The number of nitrogens with two attached hydrogens (primary N) is 1. The zero-order chi connectivity index (χ0) is 14.1. The van der Waals surface area contributed by atoms with Gasteiger partial charge in [-0.15, -0.1) is 0 Å². The third kappa shape index (κ3) is 3.24. The third-order valence-corrected chi connectivity index (χ3v) is 3.06. The summed E-state index contributed by atoms with van der Waals surface area (Å²) in [4.78, 5) is 6.64. The molecule has 6 nitrogen and oxygen atoms in total. The summed E-state index contributed by atoms with van der Waals surface area (Å²) < 4.78 is 37.7. The number of aliphatic hydroxyl groups is 1. The molecular weight excluding hydrogens is 263 g/mol. The van der Waals surface area contributed by atoms with Gasteiger partial charge in [-0.25, -0.2) is 15.8 Å². The number of halogens is 3. The molecule has 5 N–H and O–H groups in total. The van der Waals surface area contributed by atoms with E-state index in [1.165, 1.54) is 6.07 Å². The van der Waals surface area contributed by atoms with Crippen molar-refractivity contribution < 1.29 is 18.3 Å². The van der Waals surface area contributed by atoms with Crippen molar-refractivity contribution in [1.29, 1.82) is 0 Å². The summed E-state index contributed by atoms with van der Waals surface area (Å²) >= 11 is 0. The molecule has 106 valence electrons. The van der Waals surface area contributed by atoms with E-state index in [1.807, 2.05) is 0 Å². The Morgan fingerprint density at radius 3 is 2.42 bits per heavy atom. The first-order chi connectivity index (χ1) is 8.88. The Labute approximate surface area is 107 Å². The van der Waals surface area contributed by atoms with E-state index in [4.69, 9.17) is 10.9 Å². The van der Waals surface area contributed by atoms with Gasteiger partial charge in [0.15, 0.2) is 0 Å². The quantitative estimate of drug-likeness (QED) is 0.473. The Morgan fingerprint density at radius 1 is 1.32 bits per heavy atom. The topological polar surface area (TPSA) is 96.1 Å². The average Bonchev–Trinajstić information content (AvgIpc) is 3.15. The number of nitrogens with one attached hydrogen (secondary N) is 2. The molecule has 0 spiro atoms. The molecule has 9 heteroatoms. The normalized spacial score (nSPS) is 17.1. The van der Waals surface area contributed by atoms with Gasteiger partial charge >= 0.3 is 6.18 Å². The van der Waals surface area contributed by atoms with Crippen LogP contribution in [0.25, 0.3) is 0 Å². The van der Waals surface area contributed by atoms with Crippen molar-refractivity contribution in [3.8, 4) is 0 Å². The molecule has 0 radical (unpaired) electrons. The maximum absolute atomic E-state index is 12.6. The molecule has 0 amide bonds. The van der Waals surface area contributed by atoms with Gasteiger partial charge in [0.1, 0.15) is 11.6 Å². The number of anilines is 2. The van der Waals surface area contributed by atoms with Gasteiger partial charge in [-0.05, 0) is 12.8 Å². The second kappa shape index (κ2) is 4.82. The number of hydrazine groups is 1. The van der Waals surface area contributed by atoms with Crippen LogP contribution in [0.4, 0.5) is 24.8 Å². The predicted molar refractivity (Wildman–Crippen MR) is 62.1 cm³/mol. The number of alkyl halides is 3. The number of hydrogen-bond donors (Lipinski definition) is 4. The largest absolute Gasteiger partial charge is 0.451 e. The van der Waals surface area contributed by atoms with Crippen molar-refractivity contribution in [2.45, 2.75) is 19.0 Å². The van der Waals surface area contributed by atoms with Crippen molar-refractivity contribution in [2.24, 2.45) is 11.3 Å². The third-order valence-electron chi connectivity index (χ3n) is 3.06. The molecule has 1 aliphatic carbocycles. The lowest BCUT2D eigenvalue weighted by molar-refractivity contribution is -0.144. The summed E-state index contributed by atoms with van der Waals surface area (Å²) in [5.74, 6) is 3.71. The van der Waals surface area contributed by atoms with Crippen LogP contribution in [0.1, 0.15) is 18.7 Å². The van der Waals surface area contributed by atoms with Crippen molar-refractivity contribution in [2.75, 3.05) is 23.9 Å². The molecular formula is C10H14F3N5O. The molecule has 1 aromatic heterocycles. The molecule has 0 bridgehead atoms. The lowest BCUT2D eigenvalue weighted by Gasteiger charge is -2.15. The van der Waals surface area contributed by atoms with Crippen LogP contribution in [-0.2, 0) is 6.18 Å². The minimum Gasteiger partial charge on any atom is -0.396 e. The molecule has 0 aliphatic heterocycles. The number of nitrogens with zero attached hydrogens (tertiary/aromatic N) is 2. The summed E-state index contributed by atoms with van der Waals surface area (Å²) in [6.07, 6.45) is -2.96. The predicted octanol–water partition coefficient (Wildman–Crippen LogP) is 0.965. The van der Waals surface area contributed by atoms with Gasteiger partial charge in [-0.1, -0.05) is 0 Å². The molecule has 0 aromatic carbocycles. The van der Waals surface area contributed by atoms with E-state index in [-0.39, 0.29) is 23.7 Å². The highest BCUT2D eigenvalue weighted by molar-refractivity contribution is 5.47. The summed E-state index contributed by atoms with van der Waals surface area (Å²) in [6.45, 7) is 0.362. The van der Waals surface area contributed by atoms with E-state index < -0.39 is 12.0 Å². The first kappa shape index (κ1) is 13.8. The van der Waals surface area contributed by atoms with Crippen molar-refractivity contribution in [3.05, 3.63) is 11.9 Å². The number of aromatic nitrogens is 2. The Bertz CT molecular complexity index is 461. The number of nitrogen functional groups attached to an aromatic ring is 1. The van der Waals surface area contributed by atoms with Crippen LogP contribution in [-0.4, -0.2) is 28.2 Å². The lowest BCUT2D eigenvalue weighted by atomic mass is 10.1. The zero-order valence-corrected chi connectivity index (χ0v) is 9.96. The fourth-order valence-electron chi connectivity index (χ4n) is 1.58. The van der Waals surface area contributed by atoms with Gasteiger partial charge in [0.05, 0.1) is 6.61 Å². The standard InChI is InChI=1S/C10H14F3N5O/c11-10(12,13)8-16-6(3-7(17-8)18-14)15-4-9(5-19)1-2-9/h3,19H,1-2,4-5,14H2,(H2,15,16,17,18). The Kier molecular flexibility index (Phi) is 3.50. The van der Waals surface area contributed by atoms with Crippen LogP contribution in [0.2, 0.25) is 0 Å². The van der Waals surface area contributed by atoms with Crippen molar-refractivity contribution >= 4 is 11.6 Å². The van der Waals surface area contributed by atoms with Crippen LogP contribution in [0, 0.1) is 5.41 Å². The molecule has 1 fully saturated rings. The Hall–Kier alpha value is -1.61. The van der Waals surface area contributed by atoms with Gasteiger partial charge in [0.2, 0.25) is 5.82 Å². The summed E-state index contributed by atoms with van der Waals surface area (Å²) in [6, 6.07) is 1.28. The van der Waals surface area contributed by atoms with E-state index >= 15 is 0 Å². The second-order valence-corrected chi connectivity index (χ2v) is 4.62. The number of hydrogen-bond acceptors (Lipinski definition) is 6. The highest BCUT2D eigenvalue weighted by Gasteiger charge is 2.42. The SMILES string of the molecule is NNc1cc(NCC2(CO)CC2)nc(C(F)(F)F)n1. The lowest BCUT2D eigenvalue weighted by Crippen LogP contribution is -2.22. The molecule has 0 unspecified atom stereocenters. The van der Waals surface area contributed by atoms with Gasteiger partial charge in [-0.2, -0.15) is 13.2 Å². The van der Waals surface area contributed by atoms with Gasteiger partial charge < -0.3 is 15.8 Å². The summed E-state index contributed by atoms with van der Waals surface area (Å²) in [5.41, 5.74) is 1.83. The van der Waals surface area contributed by atoms with E-state index in [0.717, 1.165) is 12.8 Å². The first-order valence-corrected chi connectivity index (χ1v) is 5.66. The van der Waals surface area contributed by atoms with E-state index in [9.17, 15) is 13.2 Å². The zero-order valence-electron chi connectivity index (χ0n) is 9.96. The molecule has 1 saturated carbocycles. The molecule has 2 rings (SSSR count). The molecule has 1 heterocycles. The monoisotopic (exact) mass is 277 g/mol. The maximum atomic E-state index is 12.6. The Morgan fingerprint density at radius 2 is 1.95 bits per heavy atom. The van der Waals surface area contributed by atoms with Gasteiger partial charge in [0, 0.05) is 18.0 Å². The number of rotatable bonds is 5. The number of aliphatic hydroxyl groups excluding tert-OH is 1. The van der Waals surface area contributed by atoms with Crippen LogP contribution in [0.5, 0.6) is 0 Å². The van der Waals surface area contributed by atoms with E-state index in [2.05, 4.69) is 20.7 Å². The Balaban J connectivity index is 2.15. The molecule has 1 aliphatic rings. The highest BCUT2D eigenvalue weighted by atomic mass is 19.4. The van der Waals surface area contributed by atoms with Gasteiger partial charge in [-0.3, -0.25) is 0 Å². The summed E-state index contributed by atoms with van der Waals surface area (Å²) in [7, 11) is 0. The minimum absolute atomic E-state index is 0.000786. The maximum Gasteiger partial charge on any atom is 0.451 e. The fraction of sp³-hybridized carbons (Fsp3) is 0.600. The van der Waals surface area contributed by atoms with Crippen LogP contribution < -0.4 is 16.6 Å². The highest BCUT2D eigenvalue weighted by Crippen LogP contribution is 2.44. The summed E-state index contributed by atoms with van der Waals surface area (Å²) in [5, 5.41) is 11.9. The second-order valence-electron chi connectivity index (χ2n) is 4.62. The molecule has 0 atom stereocenters. The van der Waals surface area contributed by atoms with Crippen molar-refractivity contribution in [1.82, 2.24) is 9.97 Å². The molecule has 19 heavy (non-hydrogen) atoms. The minimum atomic E-state index is -4.64. The van der Waals surface area contributed by atoms with E-state index in [0.29, 0.717) is 6.54 Å².